The molecule has 0 saturated heterocycles. The van der Waals surface area contributed by atoms with Crippen LogP contribution in [-0.2, 0) is 0 Å². The molecule has 1 atom stereocenters. The maximum Gasteiger partial charge on any atom is 0.214 e. The van der Waals surface area contributed by atoms with Crippen LogP contribution in [0.1, 0.15) is 13.8 Å². The first-order chi connectivity index (χ1) is 6.63. The Balaban J connectivity index is 2.67. The number of rotatable bonds is 4. The number of anilines is 1. The topological polar surface area (TPSA) is 45.1 Å². The molecule has 78 valence electrons. The van der Waals surface area contributed by atoms with Crippen LogP contribution in [0.15, 0.2) is 18.3 Å². The quantitative estimate of drug-likeness (QED) is 0.723. The van der Waals surface area contributed by atoms with Crippen molar-refractivity contribution in [3.05, 3.63) is 24.3 Å². The molecule has 0 aliphatic rings. The second-order valence-electron chi connectivity index (χ2n) is 3.54. The van der Waals surface area contributed by atoms with Crippen molar-refractivity contribution in [2.45, 2.75) is 19.9 Å². The van der Waals surface area contributed by atoms with Gasteiger partial charge in [0, 0.05) is 18.0 Å². The molecule has 0 radical (unpaired) electrons. The van der Waals surface area contributed by atoms with Gasteiger partial charge in [0.15, 0.2) is 0 Å². The van der Waals surface area contributed by atoms with Gasteiger partial charge in [0.25, 0.3) is 0 Å². The summed E-state index contributed by atoms with van der Waals surface area (Å²) in [6.07, 6.45) is 1.40. The molecule has 0 aliphatic carbocycles. The Hall–Kier alpha value is -1.16. The average molecular weight is 198 g/mol. The first kappa shape index (κ1) is 10.9. The van der Waals surface area contributed by atoms with E-state index in [-0.39, 0.29) is 18.6 Å². The first-order valence-electron chi connectivity index (χ1n) is 4.62. The molecule has 0 spiro atoms. The maximum atomic E-state index is 12.7. The van der Waals surface area contributed by atoms with Crippen LogP contribution in [0.3, 0.4) is 0 Å². The highest BCUT2D eigenvalue weighted by atomic mass is 19.1. The molecule has 0 fully saturated rings. The monoisotopic (exact) mass is 198 g/mol. The third kappa shape index (κ3) is 2.96. The molecule has 0 aliphatic heterocycles. The van der Waals surface area contributed by atoms with Crippen molar-refractivity contribution in [2.75, 3.05) is 11.9 Å². The smallest absolute Gasteiger partial charge is 0.214 e. The lowest BCUT2D eigenvalue weighted by atomic mass is 10.1. The number of hydrogen-bond donors (Lipinski definition) is 2. The van der Waals surface area contributed by atoms with Crippen LogP contribution in [-0.4, -0.2) is 22.7 Å². The van der Waals surface area contributed by atoms with Gasteiger partial charge in [0.1, 0.15) is 0 Å². The van der Waals surface area contributed by atoms with E-state index in [1.165, 1.54) is 12.3 Å². The second kappa shape index (κ2) is 4.91. The Morgan fingerprint density at radius 2 is 2.29 bits per heavy atom. The first-order valence-corrected chi connectivity index (χ1v) is 4.62. The summed E-state index contributed by atoms with van der Waals surface area (Å²) in [6, 6.07) is 2.93. The standard InChI is InChI=1S/C10H15FN2O/c1-7(2)9(6-14)13-8-3-4-12-10(11)5-8/h3-5,7,9,14H,6H2,1-2H3,(H,12,13). The zero-order valence-electron chi connectivity index (χ0n) is 8.37. The minimum Gasteiger partial charge on any atom is -0.394 e. The fraction of sp³-hybridized carbons (Fsp3) is 0.500. The Labute approximate surface area is 83.0 Å². The lowest BCUT2D eigenvalue weighted by Crippen LogP contribution is -2.29. The number of pyridine rings is 1. The number of nitrogens with one attached hydrogen (secondary N) is 1. The van der Waals surface area contributed by atoms with Crippen LogP contribution >= 0.6 is 0 Å². The van der Waals surface area contributed by atoms with Crippen molar-refractivity contribution >= 4 is 5.69 Å². The lowest BCUT2D eigenvalue weighted by molar-refractivity contribution is 0.249. The zero-order valence-corrected chi connectivity index (χ0v) is 8.37. The molecular weight excluding hydrogens is 183 g/mol. The summed E-state index contributed by atoms with van der Waals surface area (Å²) < 4.78 is 12.7. The molecule has 3 nitrogen and oxygen atoms in total. The van der Waals surface area contributed by atoms with Crippen LogP contribution in [0.4, 0.5) is 10.1 Å². The molecule has 1 aromatic rings. The Kier molecular flexibility index (Phi) is 3.83. The molecule has 0 aromatic carbocycles. The summed E-state index contributed by atoms with van der Waals surface area (Å²) in [5.41, 5.74) is 0.644. The van der Waals surface area contributed by atoms with Gasteiger partial charge in [-0.1, -0.05) is 13.8 Å². The Morgan fingerprint density at radius 3 is 2.79 bits per heavy atom. The molecule has 0 saturated carbocycles. The SMILES string of the molecule is CC(C)C(CO)Nc1ccnc(F)c1. The Bertz CT molecular complexity index is 291. The van der Waals surface area contributed by atoms with Gasteiger partial charge in [0.2, 0.25) is 5.95 Å². The van der Waals surface area contributed by atoms with Crippen molar-refractivity contribution in [1.29, 1.82) is 0 Å². The van der Waals surface area contributed by atoms with Crippen molar-refractivity contribution in [3.8, 4) is 0 Å². The number of hydrogen-bond acceptors (Lipinski definition) is 3. The largest absolute Gasteiger partial charge is 0.394 e. The summed E-state index contributed by atoms with van der Waals surface area (Å²) in [7, 11) is 0. The molecule has 1 unspecified atom stereocenters. The predicted molar refractivity (Wildman–Crippen MR) is 53.5 cm³/mol. The van der Waals surface area contributed by atoms with E-state index in [1.807, 2.05) is 13.8 Å². The van der Waals surface area contributed by atoms with E-state index in [2.05, 4.69) is 10.3 Å². The van der Waals surface area contributed by atoms with Crippen molar-refractivity contribution in [2.24, 2.45) is 5.92 Å². The minimum atomic E-state index is -0.518. The second-order valence-corrected chi connectivity index (χ2v) is 3.54. The number of aromatic nitrogens is 1. The summed E-state index contributed by atoms with van der Waals surface area (Å²) in [4.78, 5) is 3.45. The van der Waals surface area contributed by atoms with Crippen LogP contribution in [0.5, 0.6) is 0 Å². The fourth-order valence-electron chi connectivity index (χ4n) is 1.13. The minimum absolute atomic E-state index is 0.0294. The lowest BCUT2D eigenvalue weighted by Gasteiger charge is -2.20. The summed E-state index contributed by atoms with van der Waals surface area (Å²) in [5.74, 6) is -0.230. The van der Waals surface area contributed by atoms with Gasteiger partial charge in [-0.3, -0.25) is 0 Å². The van der Waals surface area contributed by atoms with Gasteiger partial charge < -0.3 is 10.4 Å². The molecule has 1 rings (SSSR count). The summed E-state index contributed by atoms with van der Waals surface area (Å²) in [6.45, 7) is 4.01. The van der Waals surface area contributed by atoms with Gasteiger partial charge in [-0.05, 0) is 12.0 Å². The molecular formula is C10H15FN2O. The molecule has 0 bridgehead atoms. The van der Waals surface area contributed by atoms with E-state index < -0.39 is 5.95 Å². The highest BCUT2D eigenvalue weighted by Crippen LogP contribution is 2.12. The van der Waals surface area contributed by atoms with Crippen LogP contribution in [0.25, 0.3) is 0 Å². The summed E-state index contributed by atoms with van der Waals surface area (Å²) >= 11 is 0. The van der Waals surface area contributed by atoms with E-state index in [1.54, 1.807) is 6.07 Å². The third-order valence-corrected chi connectivity index (χ3v) is 2.08. The summed E-state index contributed by atoms with van der Waals surface area (Å²) in [5, 5.41) is 12.1. The van der Waals surface area contributed by atoms with Crippen LogP contribution in [0, 0.1) is 11.9 Å². The van der Waals surface area contributed by atoms with E-state index in [0.29, 0.717) is 5.69 Å². The highest BCUT2D eigenvalue weighted by Gasteiger charge is 2.11. The highest BCUT2D eigenvalue weighted by molar-refractivity contribution is 5.42. The number of nitrogens with zero attached hydrogens (tertiary/aromatic N) is 1. The van der Waals surface area contributed by atoms with E-state index in [4.69, 9.17) is 5.11 Å². The molecule has 4 heteroatoms. The van der Waals surface area contributed by atoms with Crippen LogP contribution < -0.4 is 5.32 Å². The normalized spacial score (nSPS) is 12.9. The number of aliphatic hydroxyl groups is 1. The van der Waals surface area contributed by atoms with Gasteiger partial charge in [-0.25, -0.2) is 4.98 Å². The van der Waals surface area contributed by atoms with E-state index in [9.17, 15) is 4.39 Å². The van der Waals surface area contributed by atoms with Gasteiger partial charge in [0.05, 0.1) is 12.6 Å². The maximum absolute atomic E-state index is 12.7. The zero-order chi connectivity index (χ0) is 10.6. The van der Waals surface area contributed by atoms with Crippen molar-refractivity contribution in [3.63, 3.8) is 0 Å². The molecule has 1 heterocycles. The fourth-order valence-corrected chi connectivity index (χ4v) is 1.13. The number of aliphatic hydroxyl groups excluding tert-OH is 1. The molecule has 2 N–H and O–H groups in total. The number of halogens is 1. The van der Waals surface area contributed by atoms with Crippen LogP contribution in [0.2, 0.25) is 0 Å². The third-order valence-electron chi connectivity index (χ3n) is 2.08. The Morgan fingerprint density at radius 1 is 1.57 bits per heavy atom. The van der Waals surface area contributed by atoms with Gasteiger partial charge in [-0.2, -0.15) is 4.39 Å². The van der Waals surface area contributed by atoms with Crippen molar-refractivity contribution in [1.82, 2.24) is 4.98 Å². The van der Waals surface area contributed by atoms with E-state index >= 15 is 0 Å². The van der Waals surface area contributed by atoms with Gasteiger partial charge in [-0.15, -0.1) is 0 Å². The van der Waals surface area contributed by atoms with E-state index in [0.717, 1.165) is 0 Å². The molecule has 1 aromatic heterocycles. The molecule has 0 amide bonds. The average Bonchev–Trinajstić information content (AvgIpc) is 2.14. The van der Waals surface area contributed by atoms with Crippen molar-refractivity contribution < 1.29 is 9.50 Å². The molecule has 14 heavy (non-hydrogen) atoms. The predicted octanol–water partition coefficient (Wildman–Crippen LogP) is 1.65. The van der Waals surface area contributed by atoms with Gasteiger partial charge >= 0.3 is 0 Å².